The zero-order chi connectivity index (χ0) is 12.1. The largest absolute Gasteiger partial charge is 0.295 e. The summed E-state index contributed by atoms with van der Waals surface area (Å²) in [4.78, 5) is 16.1. The van der Waals surface area contributed by atoms with E-state index in [0.717, 1.165) is 13.1 Å². The van der Waals surface area contributed by atoms with E-state index < -0.39 is 5.54 Å². The Balaban J connectivity index is 2.04. The topological polar surface area (TPSA) is 56.5 Å². The van der Waals surface area contributed by atoms with Crippen molar-refractivity contribution in [1.82, 2.24) is 4.90 Å². The van der Waals surface area contributed by atoms with Gasteiger partial charge < -0.3 is 0 Å². The molecule has 1 unspecified atom stereocenters. The Morgan fingerprint density at radius 2 is 2.18 bits per heavy atom. The van der Waals surface area contributed by atoms with Gasteiger partial charge in [-0.2, -0.15) is 10.3 Å². The number of carbonyl (C=O) groups excluding carboxylic acids is 1. The summed E-state index contributed by atoms with van der Waals surface area (Å²) in [5.74, 6) is 0. The molecular formula is C13H13N3O. The molecule has 0 saturated carbocycles. The van der Waals surface area contributed by atoms with Crippen molar-refractivity contribution in [3.8, 4) is 6.07 Å². The summed E-state index contributed by atoms with van der Waals surface area (Å²) in [6, 6.07) is 12.2. The summed E-state index contributed by atoms with van der Waals surface area (Å²) in [5.41, 5.74) is 0.326. The van der Waals surface area contributed by atoms with Gasteiger partial charge in [-0.05, 0) is 5.56 Å². The Morgan fingerprint density at radius 3 is 2.82 bits per heavy atom. The maximum atomic E-state index is 10.3. The molecule has 1 aliphatic rings. The number of aliphatic imine (C=N–C) groups is 1. The zero-order valence-electron chi connectivity index (χ0n) is 9.47. The second-order valence-corrected chi connectivity index (χ2v) is 4.29. The molecule has 1 fully saturated rings. The summed E-state index contributed by atoms with van der Waals surface area (Å²) in [6.07, 6.45) is 2.11. The number of likely N-dealkylation sites (tertiary alicyclic amines) is 1. The average molecular weight is 227 g/mol. The van der Waals surface area contributed by atoms with Crippen LogP contribution in [0.3, 0.4) is 0 Å². The molecule has 0 N–H and O–H groups in total. The van der Waals surface area contributed by atoms with Gasteiger partial charge in [-0.1, -0.05) is 30.3 Å². The van der Waals surface area contributed by atoms with Crippen LogP contribution in [0.25, 0.3) is 0 Å². The van der Waals surface area contributed by atoms with Gasteiger partial charge in [-0.25, -0.2) is 4.79 Å². The quantitative estimate of drug-likeness (QED) is 0.580. The van der Waals surface area contributed by atoms with Crippen LogP contribution in [0, 0.1) is 11.3 Å². The van der Waals surface area contributed by atoms with Crippen LogP contribution in [0.1, 0.15) is 12.0 Å². The maximum Gasteiger partial charge on any atom is 0.236 e. The predicted octanol–water partition coefficient (Wildman–Crippen LogP) is 1.49. The summed E-state index contributed by atoms with van der Waals surface area (Å²) in [5, 5.41) is 9.08. The smallest absolute Gasteiger partial charge is 0.236 e. The molecule has 0 radical (unpaired) electrons. The van der Waals surface area contributed by atoms with Crippen LogP contribution < -0.4 is 0 Å². The van der Waals surface area contributed by atoms with E-state index in [1.807, 2.05) is 18.2 Å². The normalized spacial score (nSPS) is 23.9. The Labute approximate surface area is 100 Å². The van der Waals surface area contributed by atoms with Gasteiger partial charge in [0, 0.05) is 26.1 Å². The highest BCUT2D eigenvalue weighted by molar-refractivity contribution is 5.37. The minimum absolute atomic E-state index is 0.508. The van der Waals surface area contributed by atoms with Crippen molar-refractivity contribution in [3.63, 3.8) is 0 Å². The lowest BCUT2D eigenvalue weighted by Gasteiger charge is -2.16. The van der Waals surface area contributed by atoms with Gasteiger partial charge in [0.2, 0.25) is 6.08 Å². The molecule has 1 aromatic carbocycles. The molecule has 0 bridgehead atoms. The fourth-order valence-electron chi connectivity index (χ4n) is 2.14. The Hall–Kier alpha value is -1.95. The van der Waals surface area contributed by atoms with Gasteiger partial charge in [-0.3, -0.25) is 4.90 Å². The number of rotatable bonds is 3. The molecule has 1 saturated heterocycles. The number of hydrogen-bond acceptors (Lipinski definition) is 4. The summed E-state index contributed by atoms with van der Waals surface area (Å²) in [7, 11) is 0. The van der Waals surface area contributed by atoms with Gasteiger partial charge in [0.05, 0.1) is 6.07 Å². The molecule has 1 atom stereocenters. The van der Waals surface area contributed by atoms with Crippen molar-refractivity contribution < 1.29 is 4.79 Å². The Bertz CT molecular complexity index is 473. The lowest BCUT2D eigenvalue weighted by molar-refractivity contribution is 0.318. The van der Waals surface area contributed by atoms with Crippen LogP contribution in [0.5, 0.6) is 0 Å². The molecule has 0 aromatic heterocycles. The highest BCUT2D eigenvalue weighted by Gasteiger charge is 2.38. The second kappa shape index (κ2) is 4.92. The minimum Gasteiger partial charge on any atom is -0.295 e. The van der Waals surface area contributed by atoms with E-state index in [9.17, 15) is 4.79 Å². The Morgan fingerprint density at radius 1 is 1.41 bits per heavy atom. The molecule has 1 aromatic rings. The highest BCUT2D eigenvalue weighted by Crippen LogP contribution is 2.25. The summed E-state index contributed by atoms with van der Waals surface area (Å²) < 4.78 is 0. The highest BCUT2D eigenvalue weighted by atomic mass is 16.1. The molecule has 1 aliphatic heterocycles. The predicted molar refractivity (Wildman–Crippen MR) is 62.8 cm³/mol. The van der Waals surface area contributed by atoms with E-state index in [1.165, 1.54) is 11.6 Å². The fraction of sp³-hybridized carbons (Fsp3) is 0.385. The Kier molecular flexibility index (Phi) is 3.34. The van der Waals surface area contributed by atoms with Crippen LogP contribution in [-0.2, 0) is 11.3 Å². The van der Waals surface area contributed by atoms with E-state index in [4.69, 9.17) is 5.26 Å². The monoisotopic (exact) mass is 227 g/mol. The molecule has 86 valence electrons. The average Bonchev–Trinajstić information content (AvgIpc) is 2.75. The van der Waals surface area contributed by atoms with Crippen molar-refractivity contribution in [2.45, 2.75) is 18.5 Å². The van der Waals surface area contributed by atoms with E-state index >= 15 is 0 Å². The molecule has 0 spiro atoms. The molecule has 0 amide bonds. The van der Waals surface area contributed by atoms with Crippen molar-refractivity contribution in [2.75, 3.05) is 13.1 Å². The first kappa shape index (κ1) is 11.5. The SMILES string of the molecule is N#CC1(N=C=O)CCN(Cc2ccccc2)C1. The van der Waals surface area contributed by atoms with Gasteiger partial charge in [-0.15, -0.1) is 0 Å². The number of nitriles is 1. The lowest BCUT2D eigenvalue weighted by Crippen LogP contribution is -2.29. The molecule has 0 aliphatic carbocycles. The van der Waals surface area contributed by atoms with Crippen molar-refractivity contribution in [1.29, 1.82) is 5.26 Å². The first-order chi connectivity index (χ1) is 8.28. The zero-order valence-corrected chi connectivity index (χ0v) is 9.47. The third-order valence-electron chi connectivity index (χ3n) is 3.04. The fourth-order valence-corrected chi connectivity index (χ4v) is 2.14. The lowest BCUT2D eigenvalue weighted by atomic mass is 10.0. The van der Waals surface area contributed by atoms with Gasteiger partial charge in [0.1, 0.15) is 0 Å². The number of benzene rings is 1. The number of nitrogens with zero attached hydrogens (tertiary/aromatic N) is 3. The third-order valence-corrected chi connectivity index (χ3v) is 3.04. The van der Waals surface area contributed by atoms with Crippen molar-refractivity contribution in [3.05, 3.63) is 35.9 Å². The number of hydrogen-bond donors (Lipinski definition) is 0. The molecular weight excluding hydrogens is 214 g/mol. The number of isocyanates is 1. The van der Waals surface area contributed by atoms with Crippen molar-refractivity contribution in [2.24, 2.45) is 4.99 Å². The van der Waals surface area contributed by atoms with Gasteiger partial charge >= 0.3 is 0 Å². The summed E-state index contributed by atoms with van der Waals surface area (Å²) in [6.45, 7) is 2.08. The van der Waals surface area contributed by atoms with Crippen LogP contribution in [0.4, 0.5) is 0 Å². The van der Waals surface area contributed by atoms with Crippen molar-refractivity contribution >= 4 is 6.08 Å². The standard InChI is InChI=1S/C13H13N3O/c14-9-13(15-11-17)6-7-16(10-13)8-12-4-2-1-3-5-12/h1-5H,6-8,10H2. The molecule has 1 heterocycles. The molecule has 4 heteroatoms. The van der Waals surface area contributed by atoms with Crippen LogP contribution >= 0.6 is 0 Å². The summed E-state index contributed by atoms with van der Waals surface area (Å²) >= 11 is 0. The van der Waals surface area contributed by atoms with E-state index in [1.54, 1.807) is 0 Å². The van der Waals surface area contributed by atoms with Gasteiger partial charge in [0.15, 0.2) is 5.54 Å². The van der Waals surface area contributed by atoms with E-state index in [0.29, 0.717) is 13.0 Å². The van der Waals surface area contributed by atoms with E-state index in [2.05, 4.69) is 28.1 Å². The van der Waals surface area contributed by atoms with E-state index in [-0.39, 0.29) is 0 Å². The van der Waals surface area contributed by atoms with Crippen LogP contribution in [-0.4, -0.2) is 29.6 Å². The molecule has 17 heavy (non-hydrogen) atoms. The van der Waals surface area contributed by atoms with Crippen LogP contribution in [0.2, 0.25) is 0 Å². The second-order valence-electron chi connectivity index (χ2n) is 4.29. The first-order valence-electron chi connectivity index (χ1n) is 5.54. The first-order valence-corrected chi connectivity index (χ1v) is 5.54. The molecule has 4 nitrogen and oxygen atoms in total. The van der Waals surface area contributed by atoms with Gasteiger partial charge in [0.25, 0.3) is 0 Å². The minimum atomic E-state index is -0.878. The molecule has 2 rings (SSSR count). The maximum absolute atomic E-state index is 10.3. The third kappa shape index (κ3) is 2.59. The van der Waals surface area contributed by atoms with Crippen LogP contribution in [0.15, 0.2) is 35.3 Å².